The monoisotopic (exact) mass is 413 g/mol. The first-order valence-corrected chi connectivity index (χ1v) is 11.5. The second kappa shape index (κ2) is 9.48. The molecule has 6 heteroatoms. The number of hydrogen-bond acceptors (Lipinski definition) is 4. The fraction of sp³-hybridized carbons (Fsp3) is 0.667. The van der Waals surface area contributed by atoms with Gasteiger partial charge in [0.05, 0.1) is 6.04 Å². The molecule has 1 amide bonds. The zero-order chi connectivity index (χ0) is 21.1. The third kappa shape index (κ3) is 4.54. The van der Waals surface area contributed by atoms with Gasteiger partial charge in [0, 0.05) is 55.8 Å². The van der Waals surface area contributed by atoms with Crippen LogP contribution in [0, 0.1) is 6.92 Å². The van der Waals surface area contributed by atoms with E-state index in [-0.39, 0.29) is 18.1 Å². The third-order valence-corrected chi connectivity index (χ3v) is 6.41. The van der Waals surface area contributed by atoms with E-state index in [4.69, 9.17) is 14.5 Å². The lowest BCUT2D eigenvalue weighted by Crippen LogP contribution is -2.44. The van der Waals surface area contributed by atoms with Crippen LogP contribution in [0.1, 0.15) is 69.2 Å². The van der Waals surface area contributed by atoms with Crippen molar-refractivity contribution >= 4 is 16.9 Å². The van der Waals surface area contributed by atoms with E-state index in [1.807, 2.05) is 6.92 Å². The predicted molar refractivity (Wildman–Crippen MR) is 117 cm³/mol. The number of pyridine rings is 1. The highest BCUT2D eigenvalue weighted by Gasteiger charge is 2.40. The minimum absolute atomic E-state index is 0.0164. The molecule has 2 aromatic heterocycles. The summed E-state index contributed by atoms with van der Waals surface area (Å²) >= 11 is 0. The summed E-state index contributed by atoms with van der Waals surface area (Å²) in [6.45, 7) is 6.59. The number of aryl methyl sites for hydroxylation is 2. The topological polar surface area (TPSA) is 56.6 Å². The first kappa shape index (κ1) is 21.3. The van der Waals surface area contributed by atoms with Crippen molar-refractivity contribution in [1.82, 2.24) is 14.5 Å². The third-order valence-electron chi connectivity index (χ3n) is 6.41. The highest BCUT2D eigenvalue weighted by molar-refractivity contribution is 5.85. The maximum Gasteiger partial charge on any atom is 0.252 e. The van der Waals surface area contributed by atoms with Crippen LogP contribution in [-0.4, -0.2) is 52.8 Å². The summed E-state index contributed by atoms with van der Waals surface area (Å²) in [5.74, 6) is 0.172. The number of ether oxygens (including phenoxy) is 2. The summed E-state index contributed by atoms with van der Waals surface area (Å²) in [5.41, 5.74) is 3.23. The van der Waals surface area contributed by atoms with Crippen molar-refractivity contribution in [2.45, 2.75) is 83.5 Å². The van der Waals surface area contributed by atoms with E-state index in [1.165, 1.54) is 5.56 Å². The number of rotatable bonds is 9. The molecule has 0 unspecified atom stereocenters. The van der Waals surface area contributed by atoms with Crippen LogP contribution >= 0.6 is 0 Å². The molecule has 3 heterocycles. The number of amides is 1. The number of aromatic nitrogens is 2. The number of carbonyl (C=O) groups is 1. The summed E-state index contributed by atoms with van der Waals surface area (Å²) in [6.07, 6.45) is 9.18. The van der Waals surface area contributed by atoms with Gasteiger partial charge in [-0.1, -0.05) is 0 Å². The number of hydrogen-bond donors (Lipinski definition) is 0. The average molecular weight is 414 g/mol. The zero-order valence-corrected chi connectivity index (χ0v) is 18.6. The van der Waals surface area contributed by atoms with Gasteiger partial charge in [0.1, 0.15) is 11.8 Å². The van der Waals surface area contributed by atoms with Gasteiger partial charge in [0.25, 0.3) is 5.91 Å². The minimum atomic E-state index is -0.274. The highest BCUT2D eigenvalue weighted by atomic mass is 16.5. The Labute approximate surface area is 179 Å². The van der Waals surface area contributed by atoms with E-state index in [0.717, 1.165) is 74.8 Å². The van der Waals surface area contributed by atoms with E-state index in [2.05, 4.69) is 34.7 Å². The van der Waals surface area contributed by atoms with Gasteiger partial charge in [-0.3, -0.25) is 4.79 Å². The summed E-state index contributed by atoms with van der Waals surface area (Å²) in [7, 11) is 1.75. The molecule has 2 atom stereocenters. The lowest BCUT2D eigenvalue weighted by molar-refractivity contribution is -0.149. The molecule has 1 aliphatic heterocycles. The standard InChI is InChI=1S/C24H35N3O3/c1-17-9-12-20-21(16-26(23(20)25-17)13-5-7-14-29-3)18(2)27(19-10-11-19)24(28)22-8-4-6-15-30-22/h9,12,16,18-19,22H,4-8,10-11,13-15H2,1-3H3/t18-,22+/m0/s1. The van der Waals surface area contributed by atoms with Crippen LogP contribution in [-0.2, 0) is 20.8 Å². The lowest BCUT2D eigenvalue weighted by atomic mass is 10.0. The molecule has 1 saturated heterocycles. The molecule has 0 bridgehead atoms. The highest BCUT2D eigenvalue weighted by Crippen LogP contribution is 2.38. The Bertz CT molecular complexity index is 868. The van der Waals surface area contributed by atoms with Gasteiger partial charge in [0.15, 0.2) is 0 Å². The summed E-state index contributed by atoms with van der Waals surface area (Å²) < 4.78 is 13.3. The van der Waals surface area contributed by atoms with Crippen LogP contribution < -0.4 is 0 Å². The Morgan fingerprint density at radius 3 is 2.83 bits per heavy atom. The quantitative estimate of drug-likeness (QED) is 0.572. The number of unbranched alkanes of at least 4 members (excludes halogenated alkanes) is 1. The molecule has 0 radical (unpaired) electrons. The van der Waals surface area contributed by atoms with Crippen LogP contribution in [0.4, 0.5) is 0 Å². The Hall–Kier alpha value is -1.92. The van der Waals surface area contributed by atoms with Crippen LogP contribution in [0.3, 0.4) is 0 Å². The number of nitrogens with zero attached hydrogens (tertiary/aromatic N) is 3. The molecule has 2 aliphatic rings. The van der Waals surface area contributed by atoms with Gasteiger partial charge in [-0.15, -0.1) is 0 Å². The molecule has 1 saturated carbocycles. The largest absolute Gasteiger partial charge is 0.385 e. The van der Waals surface area contributed by atoms with Crippen molar-refractivity contribution in [1.29, 1.82) is 0 Å². The number of methoxy groups -OCH3 is 1. The molecular formula is C24H35N3O3. The second-order valence-electron chi connectivity index (χ2n) is 8.81. The van der Waals surface area contributed by atoms with Crippen LogP contribution in [0.2, 0.25) is 0 Å². The molecule has 0 spiro atoms. The first-order valence-electron chi connectivity index (χ1n) is 11.5. The van der Waals surface area contributed by atoms with Crippen molar-refractivity contribution in [3.8, 4) is 0 Å². The summed E-state index contributed by atoms with van der Waals surface area (Å²) in [5, 5.41) is 1.16. The van der Waals surface area contributed by atoms with Gasteiger partial charge < -0.3 is 18.9 Å². The van der Waals surface area contributed by atoms with Crippen molar-refractivity contribution in [3.05, 3.63) is 29.6 Å². The van der Waals surface area contributed by atoms with Gasteiger partial charge in [-0.05, 0) is 70.9 Å². The van der Waals surface area contributed by atoms with E-state index >= 15 is 0 Å². The van der Waals surface area contributed by atoms with Crippen LogP contribution in [0.15, 0.2) is 18.3 Å². The Balaban J connectivity index is 1.62. The molecule has 2 fully saturated rings. The van der Waals surface area contributed by atoms with E-state index < -0.39 is 0 Å². The predicted octanol–water partition coefficient (Wildman–Crippen LogP) is 4.39. The van der Waals surface area contributed by atoms with Crippen molar-refractivity contribution in [2.24, 2.45) is 0 Å². The molecule has 1 aliphatic carbocycles. The van der Waals surface area contributed by atoms with Gasteiger partial charge >= 0.3 is 0 Å². The van der Waals surface area contributed by atoms with Crippen molar-refractivity contribution in [2.75, 3.05) is 20.3 Å². The molecular weight excluding hydrogens is 378 g/mol. The fourth-order valence-electron chi connectivity index (χ4n) is 4.61. The number of fused-ring (bicyclic) bond motifs is 1. The average Bonchev–Trinajstić information content (AvgIpc) is 3.53. The maximum atomic E-state index is 13.4. The Morgan fingerprint density at radius 1 is 1.30 bits per heavy atom. The van der Waals surface area contributed by atoms with Crippen molar-refractivity contribution < 1.29 is 14.3 Å². The SMILES string of the molecule is COCCCCn1cc([C@H](C)N(C(=O)[C@H]2CCCCO2)C2CC2)c2ccc(C)nc21. The molecule has 164 valence electrons. The molecule has 0 N–H and O–H groups in total. The minimum Gasteiger partial charge on any atom is -0.385 e. The van der Waals surface area contributed by atoms with Crippen molar-refractivity contribution in [3.63, 3.8) is 0 Å². The van der Waals surface area contributed by atoms with E-state index in [9.17, 15) is 4.79 Å². The fourth-order valence-corrected chi connectivity index (χ4v) is 4.61. The summed E-state index contributed by atoms with van der Waals surface area (Å²) in [6, 6.07) is 4.60. The van der Waals surface area contributed by atoms with Crippen LogP contribution in [0.5, 0.6) is 0 Å². The van der Waals surface area contributed by atoms with E-state index in [1.54, 1.807) is 7.11 Å². The first-order chi connectivity index (χ1) is 14.6. The molecule has 30 heavy (non-hydrogen) atoms. The van der Waals surface area contributed by atoms with Crippen LogP contribution in [0.25, 0.3) is 11.0 Å². The zero-order valence-electron chi connectivity index (χ0n) is 18.6. The van der Waals surface area contributed by atoms with Gasteiger partial charge in [-0.25, -0.2) is 4.98 Å². The second-order valence-corrected chi connectivity index (χ2v) is 8.81. The normalized spacial score (nSPS) is 20.4. The Kier molecular flexibility index (Phi) is 6.74. The van der Waals surface area contributed by atoms with Gasteiger partial charge in [0.2, 0.25) is 0 Å². The Morgan fingerprint density at radius 2 is 2.13 bits per heavy atom. The molecule has 6 nitrogen and oxygen atoms in total. The molecule has 4 rings (SSSR count). The maximum absolute atomic E-state index is 13.4. The lowest BCUT2D eigenvalue weighted by Gasteiger charge is -2.34. The van der Waals surface area contributed by atoms with E-state index in [0.29, 0.717) is 12.6 Å². The van der Waals surface area contributed by atoms with Gasteiger partial charge in [-0.2, -0.15) is 0 Å². The molecule has 2 aromatic rings. The summed E-state index contributed by atoms with van der Waals surface area (Å²) in [4.78, 5) is 20.3. The number of carbonyl (C=O) groups excluding carboxylic acids is 1. The molecule has 0 aromatic carbocycles. The smallest absolute Gasteiger partial charge is 0.252 e.